The van der Waals surface area contributed by atoms with Crippen LogP contribution in [0.15, 0.2) is 0 Å². The van der Waals surface area contributed by atoms with E-state index in [1.165, 1.54) is 23.3 Å². The number of thiazole rings is 1. The first-order valence-corrected chi connectivity index (χ1v) is 9.38. The fourth-order valence-corrected chi connectivity index (χ4v) is 3.47. The molecule has 0 aromatic carbocycles. The van der Waals surface area contributed by atoms with Crippen LogP contribution >= 0.6 is 11.3 Å². The minimum Gasteiger partial charge on any atom is -0.301 e. The Hall–Kier alpha value is -1.03. The quantitative estimate of drug-likeness (QED) is 0.841. The number of likely N-dealkylation sites (N-methyl/N-ethyl adjacent to an activating group) is 2. The molecule has 0 radical (unpaired) electrons. The molecule has 0 spiro atoms. The van der Waals surface area contributed by atoms with Gasteiger partial charge in [-0.2, -0.15) is 4.31 Å². The van der Waals surface area contributed by atoms with Crippen LogP contribution in [0.2, 0.25) is 0 Å². The van der Waals surface area contributed by atoms with Crippen LogP contribution in [0.1, 0.15) is 17.5 Å². The number of fused-ring (bicyclic) bond motifs is 1. The predicted octanol–water partition coefficient (Wildman–Crippen LogP) is 0.351. The maximum atomic E-state index is 11.8. The van der Waals surface area contributed by atoms with Crippen LogP contribution in [0.5, 0.6) is 0 Å². The van der Waals surface area contributed by atoms with E-state index in [2.05, 4.69) is 22.1 Å². The van der Waals surface area contributed by atoms with Gasteiger partial charge in [0, 0.05) is 31.4 Å². The molecule has 2 rings (SSSR count). The number of anilines is 1. The summed E-state index contributed by atoms with van der Waals surface area (Å²) in [4.78, 5) is 19.8. The molecule has 118 valence electrons. The predicted molar refractivity (Wildman–Crippen MR) is 82.9 cm³/mol. The summed E-state index contributed by atoms with van der Waals surface area (Å²) in [6, 6.07) is 0. The highest BCUT2D eigenvalue weighted by atomic mass is 32.2. The molecule has 1 N–H and O–H groups in total. The minimum atomic E-state index is -3.35. The molecule has 1 aromatic rings. The number of carbonyl (C=O) groups is 1. The topological polar surface area (TPSA) is 82.6 Å². The third-order valence-electron chi connectivity index (χ3n) is 3.44. The standard InChI is InChI=1S/C12H20N4O3S2/c1-4-16-6-5-9-10(7-16)20-12(13-9)14-11(17)8-15(2)21(3,18)19/h4-8H2,1-3H3,(H,13,14,17). The van der Waals surface area contributed by atoms with Gasteiger partial charge in [-0.3, -0.25) is 9.69 Å². The zero-order chi connectivity index (χ0) is 15.6. The van der Waals surface area contributed by atoms with Gasteiger partial charge in [0.15, 0.2) is 5.13 Å². The van der Waals surface area contributed by atoms with Crippen LogP contribution < -0.4 is 5.32 Å². The van der Waals surface area contributed by atoms with Crippen molar-refractivity contribution in [3.05, 3.63) is 10.6 Å². The first kappa shape index (κ1) is 16.3. The van der Waals surface area contributed by atoms with Gasteiger partial charge < -0.3 is 5.32 Å². The van der Waals surface area contributed by atoms with Crippen molar-refractivity contribution < 1.29 is 13.2 Å². The number of nitrogens with one attached hydrogen (secondary N) is 1. The maximum Gasteiger partial charge on any atom is 0.241 e. The van der Waals surface area contributed by atoms with E-state index in [4.69, 9.17) is 0 Å². The molecular formula is C12H20N4O3S2. The highest BCUT2D eigenvalue weighted by Gasteiger charge is 2.21. The molecule has 0 bridgehead atoms. The Morgan fingerprint density at radius 3 is 2.86 bits per heavy atom. The van der Waals surface area contributed by atoms with E-state index in [1.807, 2.05) is 0 Å². The second-order valence-electron chi connectivity index (χ2n) is 5.07. The number of hydrogen-bond donors (Lipinski definition) is 1. The van der Waals surface area contributed by atoms with Crippen LogP contribution in [0, 0.1) is 0 Å². The summed E-state index contributed by atoms with van der Waals surface area (Å²) in [5, 5.41) is 3.22. The molecule has 0 fully saturated rings. The van der Waals surface area contributed by atoms with E-state index in [9.17, 15) is 13.2 Å². The Kier molecular flexibility index (Phi) is 4.97. The van der Waals surface area contributed by atoms with Crippen molar-refractivity contribution >= 4 is 32.4 Å². The molecule has 0 saturated carbocycles. The van der Waals surface area contributed by atoms with Crippen molar-refractivity contribution in [1.29, 1.82) is 0 Å². The summed E-state index contributed by atoms with van der Waals surface area (Å²) in [5.41, 5.74) is 1.04. The number of nitrogens with zero attached hydrogens (tertiary/aromatic N) is 3. The largest absolute Gasteiger partial charge is 0.301 e. The van der Waals surface area contributed by atoms with Gasteiger partial charge in [0.2, 0.25) is 15.9 Å². The number of rotatable bonds is 5. The molecule has 0 aliphatic carbocycles. The van der Waals surface area contributed by atoms with Crippen molar-refractivity contribution in [1.82, 2.24) is 14.2 Å². The summed E-state index contributed by atoms with van der Waals surface area (Å²) in [6.45, 7) is 4.76. The second kappa shape index (κ2) is 6.39. The Morgan fingerprint density at radius 2 is 2.24 bits per heavy atom. The first-order valence-electron chi connectivity index (χ1n) is 6.71. The van der Waals surface area contributed by atoms with Gasteiger partial charge in [0.25, 0.3) is 0 Å². The Labute approximate surface area is 129 Å². The Balaban J connectivity index is 1.98. The molecule has 2 heterocycles. The van der Waals surface area contributed by atoms with Gasteiger partial charge in [-0.05, 0) is 6.54 Å². The SMILES string of the molecule is CCN1CCc2nc(NC(=O)CN(C)S(C)(=O)=O)sc2C1. The van der Waals surface area contributed by atoms with Gasteiger partial charge in [0.05, 0.1) is 18.5 Å². The van der Waals surface area contributed by atoms with Crippen molar-refractivity contribution in [3.8, 4) is 0 Å². The molecule has 1 aliphatic heterocycles. The monoisotopic (exact) mass is 332 g/mol. The van der Waals surface area contributed by atoms with Crippen molar-refractivity contribution in [2.75, 3.05) is 38.3 Å². The van der Waals surface area contributed by atoms with E-state index in [1.54, 1.807) is 0 Å². The number of carbonyl (C=O) groups excluding carboxylic acids is 1. The molecule has 21 heavy (non-hydrogen) atoms. The van der Waals surface area contributed by atoms with Gasteiger partial charge in [-0.15, -0.1) is 11.3 Å². The molecule has 7 nitrogen and oxygen atoms in total. The summed E-state index contributed by atoms with van der Waals surface area (Å²) in [7, 11) is -1.98. The Morgan fingerprint density at radius 1 is 1.52 bits per heavy atom. The zero-order valence-corrected chi connectivity index (χ0v) is 14.1. The van der Waals surface area contributed by atoms with Crippen LogP contribution in [0.4, 0.5) is 5.13 Å². The number of sulfonamides is 1. The van der Waals surface area contributed by atoms with E-state index >= 15 is 0 Å². The molecule has 0 saturated heterocycles. The molecule has 1 amide bonds. The lowest BCUT2D eigenvalue weighted by atomic mass is 10.2. The van der Waals surface area contributed by atoms with Crippen molar-refractivity contribution in [3.63, 3.8) is 0 Å². The third kappa shape index (κ3) is 4.22. The molecule has 1 aromatic heterocycles. The van der Waals surface area contributed by atoms with Crippen molar-refractivity contribution in [2.24, 2.45) is 0 Å². The number of hydrogen-bond acceptors (Lipinski definition) is 6. The minimum absolute atomic E-state index is 0.204. The van der Waals surface area contributed by atoms with E-state index in [0.29, 0.717) is 5.13 Å². The van der Waals surface area contributed by atoms with E-state index < -0.39 is 10.0 Å². The molecule has 0 atom stereocenters. The maximum absolute atomic E-state index is 11.8. The fourth-order valence-electron chi connectivity index (χ4n) is 2.05. The van der Waals surface area contributed by atoms with Gasteiger partial charge in [-0.1, -0.05) is 6.92 Å². The number of amides is 1. The summed E-state index contributed by atoms with van der Waals surface area (Å²) in [6.07, 6.45) is 1.96. The van der Waals surface area contributed by atoms with E-state index in [-0.39, 0.29) is 12.5 Å². The second-order valence-corrected chi connectivity index (χ2v) is 8.25. The first-order chi connectivity index (χ1) is 9.79. The van der Waals surface area contributed by atoms with Crippen LogP contribution in [-0.4, -0.2) is 61.5 Å². The third-order valence-corrected chi connectivity index (χ3v) is 5.70. The van der Waals surface area contributed by atoms with Gasteiger partial charge in [0.1, 0.15) is 0 Å². The Bertz CT molecular complexity index is 626. The molecule has 1 aliphatic rings. The average Bonchev–Trinajstić information content (AvgIpc) is 2.78. The smallest absolute Gasteiger partial charge is 0.241 e. The highest BCUT2D eigenvalue weighted by molar-refractivity contribution is 7.88. The van der Waals surface area contributed by atoms with Crippen LogP contribution in [0.3, 0.4) is 0 Å². The lowest BCUT2D eigenvalue weighted by molar-refractivity contribution is -0.116. The molecular weight excluding hydrogens is 312 g/mol. The zero-order valence-electron chi connectivity index (χ0n) is 12.4. The molecule has 0 unspecified atom stereocenters. The van der Waals surface area contributed by atoms with Crippen LogP contribution in [-0.2, 0) is 27.8 Å². The summed E-state index contributed by atoms with van der Waals surface area (Å²) in [5.74, 6) is -0.374. The lowest BCUT2D eigenvalue weighted by Crippen LogP contribution is -2.34. The number of aromatic nitrogens is 1. The summed E-state index contributed by atoms with van der Waals surface area (Å²) >= 11 is 1.46. The lowest BCUT2D eigenvalue weighted by Gasteiger charge is -2.23. The fraction of sp³-hybridized carbons (Fsp3) is 0.667. The van der Waals surface area contributed by atoms with Gasteiger partial charge in [-0.25, -0.2) is 13.4 Å². The normalized spacial score (nSPS) is 16.0. The molecule has 9 heteroatoms. The van der Waals surface area contributed by atoms with E-state index in [0.717, 1.165) is 42.3 Å². The average molecular weight is 332 g/mol. The van der Waals surface area contributed by atoms with Gasteiger partial charge >= 0.3 is 0 Å². The summed E-state index contributed by atoms with van der Waals surface area (Å²) < 4.78 is 23.6. The van der Waals surface area contributed by atoms with Crippen molar-refractivity contribution in [2.45, 2.75) is 19.9 Å². The van der Waals surface area contributed by atoms with Crippen LogP contribution in [0.25, 0.3) is 0 Å². The highest BCUT2D eigenvalue weighted by Crippen LogP contribution is 2.28.